The minimum atomic E-state index is -3.61. The minimum absolute atomic E-state index is 0.223. The molecule has 0 aliphatic heterocycles. The van der Waals surface area contributed by atoms with Gasteiger partial charge in [0.15, 0.2) is 0 Å². The van der Waals surface area contributed by atoms with Crippen molar-refractivity contribution in [3.05, 3.63) is 47.3 Å². The van der Waals surface area contributed by atoms with Gasteiger partial charge in [0, 0.05) is 25.4 Å². The number of sulfonamides is 1. The van der Waals surface area contributed by atoms with E-state index in [9.17, 15) is 8.42 Å². The van der Waals surface area contributed by atoms with Crippen molar-refractivity contribution in [2.75, 3.05) is 0 Å². The lowest BCUT2D eigenvalue weighted by Crippen LogP contribution is -2.22. The second-order valence-corrected chi connectivity index (χ2v) is 7.20. The standard InChI is InChI=1S/C15H18N4O2S/c1-11-3-6-14(7-4-11)22(20,21)18-16-13-5-8-15-12(9-13)10-19(2)17-15/h3-4,6-7,10,18H,5,8-9H2,1-2H3/b16-13+. The summed E-state index contributed by atoms with van der Waals surface area (Å²) in [7, 11) is -1.72. The van der Waals surface area contributed by atoms with Crippen molar-refractivity contribution < 1.29 is 8.42 Å². The predicted octanol–water partition coefficient (Wildman–Crippen LogP) is 1.55. The average Bonchev–Trinajstić information content (AvgIpc) is 2.85. The Kier molecular flexibility index (Phi) is 3.74. The van der Waals surface area contributed by atoms with Crippen LogP contribution < -0.4 is 4.83 Å². The smallest absolute Gasteiger partial charge is 0.275 e. The van der Waals surface area contributed by atoms with Crippen LogP contribution >= 0.6 is 0 Å². The normalized spacial score (nSPS) is 16.5. The van der Waals surface area contributed by atoms with E-state index in [4.69, 9.17) is 0 Å². The van der Waals surface area contributed by atoms with Gasteiger partial charge >= 0.3 is 0 Å². The highest BCUT2D eigenvalue weighted by atomic mass is 32.2. The molecule has 116 valence electrons. The molecule has 0 spiro atoms. The van der Waals surface area contributed by atoms with E-state index in [0.717, 1.165) is 35.4 Å². The van der Waals surface area contributed by atoms with E-state index in [2.05, 4.69) is 15.0 Å². The first-order chi connectivity index (χ1) is 10.4. The van der Waals surface area contributed by atoms with E-state index in [1.54, 1.807) is 28.9 Å². The number of benzene rings is 1. The van der Waals surface area contributed by atoms with Crippen LogP contribution in [0.3, 0.4) is 0 Å². The lowest BCUT2D eigenvalue weighted by Gasteiger charge is -2.12. The Morgan fingerprint density at radius 3 is 2.68 bits per heavy atom. The summed E-state index contributed by atoms with van der Waals surface area (Å²) in [5, 5.41) is 8.48. The molecule has 0 radical (unpaired) electrons. The number of aryl methyl sites for hydroxylation is 3. The first-order valence-electron chi connectivity index (χ1n) is 7.09. The van der Waals surface area contributed by atoms with Gasteiger partial charge in [-0.15, -0.1) is 0 Å². The Labute approximate surface area is 129 Å². The summed E-state index contributed by atoms with van der Waals surface area (Å²) in [6, 6.07) is 6.70. The molecule has 0 fully saturated rings. The molecule has 0 bridgehead atoms. The summed E-state index contributed by atoms with van der Waals surface area (Å²) in [5.74, 6) is 0. The topological polar surface area (TPSA) is 76.3 Å². The maximum absolute atomic E-state index is 12.2. The van der Waals surface area contributed by atoms with E-state index >= 15 is 0 Å². The Balaban J connectivity index is 1.75. The van der Waals surface area contributed by atoms with Crippen LogP contribution in [-0.2, 0) is 29.9 Å². The summed E-state index contributed by atoms with van der Waals surface area (Å²) >= 11 is 0. The third-order valence-corrected chi connectivity index (χ3v) is 4.92. The molecule has 0 atom stereocenters. The maximum Gasteiger partial charge on any atom is 0.276 e. The second kappa shape index (κ2) is 5.57. The van der Waals surface area contributed by atoms with Crippen molar-refractivity contribution >= 4 is 15.7 Å². The van der Waals surface area contributed by atoms with Crippen LogP contribution in [-0.4, -0.2) is 23.9 Å². The van der Waals surface area contributed by atoms with Crippen LogP contribution in [0.15, 0.2) is 40.5 Å². The molecule has 2 aromatic rings. The number of rotatable bonds is 3. The van der Waals surface area contributed by atoms with Crippen LogP contribution in [0.2, 0.25) is 0 Å². The van der Waals surface area contributed by atoms with Crippen molar-refractivity contribution in [2.24, 2.45) is 12.1 Å². The molecule has 1 aromatic heterocycles. The lowest BCUT2D eigenvalue weighted by atomic mass is 9.97. The van der Waals surface area contributed by atoms with Crippen LogP contribution in [0.25, 0.3) is 0 Å². The van der Waals surface area contributed by atoms with Crippen LogP contribution in [0.1, 0.15) is 23.2 Å². The van der Waals surface area contributed by atoms with Gasteiger partial charge in [-0.1, -0.05) is 17.7 Å². The zero-order valence-electron chi connectivity index (χ0n) is 12.6. The number of aromatic nitrogens is 2. The van der Waals surface area contributed by atoms with Crippen molar-refractivity contribution in [2.45, 2.75) is 31.1 Å². The molecule has 7 heteroatoms. The summed E-state index contributed by atoms with van der Waals surface area (Å²) in [4.78, 5) is 2.56. The molecule has 1 N–H and O–H groups in total. The second-order valence-electron chi connectivity index (χ2n) is 5.54. The van der Waals surface area contributed by atoms with Gasteiger partial charge in [0.1, 0.15) is 0 Å². The molecular formula is C15H18N4O2S. The molecule has 1 heterocycles. The Bertz CT molecular complexity index is 820. The van der Waals surface area contributed by atoms with Gasteiger partial charge in [-0.2, -0.15) is 18.6 Å². The Morgan fingerprint density at radius 1 is 1.23 bits per heavy atom. The third-order valence-electron chi connectivity index (χ3n) is 3.69. The molecule has 1 aromatic carbocycles. The van der Waals surface area contributed by atoms with Crippen LogP contribution in [0.5, 0.6) is 0 Å². The number of hydrogen-bond donors (Lipinski definition) is 1. The van der Waals surface area contributed by atoms with Crippen molar-refractivity contribution in [1.29, 1.82) is 0 Å². The molecular weight excluding hydrogens is 300 g/mol. The summed E-state index contributed by atoms with van der Waals surface area (Å²) in [6.07, 6.45) is 4.11. The third kappa shape index (κ3) is 3.04. The fourth-order valence-corrected chi connectivity index (χ4v) is 3.35. The highest BCUT2D eigenvalue weighted by Crippen LogP contribution is 2.18. The minimum Gasteiger partial charge on any atom is -0.275 e. The molecule has 0 saturated carbocycles. The SMILES string of the molecule is Cc1ccc(S(=O)(=O)N/N=C2\CCc3nn(C)cc3C2)cc1. The molecule has 22 heavy (non-hydrogen) atoms. The van der Waals surface area contributed by atoms with Crippen LogP contribution in [0.4, 0.5) is 0 Å². The summed E-state index contributed by atoms with van der Waals surface area (Å²) in [5.41, 5.74) is 4.03. The predicted molar refractivity (Wildman–Crippen MR) is 84.2 cm³/mol. The van der Waals surface area contributed by atoms with Crippen molar-refractivity contribution in [1.82, 2.24) is 14.6 Å². The molecule has 6 nitrogen and oxygen atoms in total. The van der Waals surface area contributed by atoms with E-state index in [0.29, 0.717) is 6.42 Å². The first-order valence-corrected chi connectivity index (χ1v) is 8.58. The summed E-state index contributed by atoms with van der Waals surface area (Å²) < 4.78 is 26.2. The van der Waals surface area contributed by atoms with E-state index < -0.39 is 10.0 Å². The fourth-order valence-electron chi connectivity index (χ4n) is 2.50. The average molecular weight is 318 g/mol. The molecule has 0 amide bonds. The van der Waals surface area contributed by atoms with E-state index in [-0.39, 0.29) is 4.90 Å². The maximum atomic E-state index is 12.2. The number of hydrazone groups is 1. The van der Waals surface area contributed by atoms with Crippen LogP contribution in [0, 0.1) is 6.92 Å². The molecule has 0 saturated heterocycles. The quantitative estimate of drug-likeness (QED) is 0.872. The number of fused-ring (bicyclic) bond motifs is 1. The molecule has 0 unspecified atom stereocenters. The van der Waals surface area contributed by atoms with Gasteiger partial charge < -0.3 is 0 Å². The number of nitrogens with zero attached hydrogens (tertiary/aromatic N) is 3. The van der Waals surface area contributed by atoms with Gasteiger partial charge in [0.25, 0.3) is 10.0 Å². The zero-order valence-corrected chi connectivity index (χ0v) is 13.4. The number of nitrogens with one attached hydrogen (secondary N) is 1. The molecule has 1 aliphatic carbocycles. The molecule has 1 aliphatic rings. The lowest BCUT2D eigenvalue weighted by molar-refractivity contribution is 0.584. The zero-order chi connectivity index (χ0) is 15.7. The summed E-state index contributed by atoms with van der Waals surface area (Å²) in [6.45, 7) is 1.91. The molecule has 3 rings (SSSR count). The number of hydrogen-bond acceptors (Lipinski definition) is 4. The Morgan fingerprint density at radius 2 is 1.95 bits per heavy atom. The van der Waals surface area contributed by atoms with Gasteiger partial charge in [0.05, 0.1) is 10.6 Å². The van der Waals surface area contributed by atoms with E-state index in [1.165, 1.54) is 0 Å². The largest absolute Gasteiger partial charge is 0.276 e. The van der Waals surface area contributed by atoms with Crippen molar-refractivity contribution in [3.63, 3.8) is 0 Å². The van der Waals surface area contributed by atoms with E-state index in [1.807, 2.05) is 20.2 Å². The van der Waals surface area contributed by atoms with Gasteiger partial charge in [-0.05, 0) is 37.5 Å². The first kappa shape index (κ1) is 14.8. The Hall–Kier alpha value is -2.15. The van der Waals surface area contributed by atoms with Gasteiger partial charge in [-0.3, -0.25) is 4.68 Å². The fraction of sp³-hybridized carbons (Fsp3) is 0.333. The van der Waals surface area contributed by atoms with Gasteiger partial charge in [-0.25, -0.2) is 4.83 Å². The highest BCUT2D eigenvalue weighted by Gasteiger charge is 2.19. The monoisotopic (exact) mass is 318 g/mol. The van der Waals surface area contributed by atoms with Gasteiger partial charge in [0.2, 0.25) is 0 Å². The van der Waals surface area contributed by atoms with Crippen molar-refractivity contribution in [3.8, 4) is 0 Å². The highest BCUT2D eigenvalue weighted by molar-refractivity contribution is 7.89.